The van der Waals surface area contributed by atoms with E-state index in [0.717, 1.165) is 27.4 Å². The Hall–Kier alpha value is -3.01. The lowest BCUT2D eigenvalue weighted by molar-refractivity contribution is -0.109. The minimum Gasteiger partial charge on any atom is -0.288 e. The molecule has 2 heterocycles. The van der Waals surface area contributed by atoms with Gasteiger partial charge in [0, 0.05) is 31.3 Å². The van der Waals surface area contributed by atoms with Crippen LogP contribution in [0.25, 0.3) is 10.8 Å². The Labute approximate surface area is 201 Å². The SMILES string of the molecule is CC(=O)SC1CC(CN2C(=O)c3ccccc3C2=O)N(S(=O)(=O)c2ccc3ccccc3c2)C1. The maximum Gasteiger partial charge on any atom is 0.261 e. The molecule has 3 aromatic rings. The standard InChI is InChI=1S/C25H22N2O5S2/c1-16(28)33-20-13-19(14-26-24(29)22-8-4-5-9-23(22)25(26)30)27(15-20)34(31,32)21-11-10-17-6-2-3-7-18(17)12-21/h2-12,19-20H,13-15H2,1H3. The molecule has 3 aromatic carbocycles. The van der Waals surface area contributed by atoms with Crippen molar-refractivity contribution in [2.24, 2.45) is 0 Å². The zero-order valence-corrected chi connectivity index (χ0v) is 20.0. The van der Waals surface area contributed by atoms with Crippen molar-refractivity contribution in [3.05, 3.63) is 77.9 Å². The minimum atomic E-state index is -3.93. The predicted molar refractivity (Wildman–Crippen MR) is 130 cm³/mol. The number of thioether (sulfide) groups is 1. The topological polar surface area (TPSA) is 91.8 Å². The molecule has 5 rings (SSSR count). The number of imide groups is 1. The highest BCUT2D eigenvalue weighted by atomic mass is 32.2. The van der Waals surface area contributed by atoms with E-state index < -0.39 is 27.9 Å². The van der Waals surface area contributed by atoms with Crippen LogP contribution in [0.4, 0.5) is 0 Å². The molecular formula is C25H22N2O5S2. The van der Waals surface area contributed by atoms with Gasteiger partial charge in [0.1, 0.15) is 0 Å². The molecule has 9 heteroatoms. The summed E-state index contributed by atoms with van der Waals surface area (Å²) in [6.45, 7) is 1.52. The van der Waals surface area contributed by atoms with Gasteiger partial charge in [-0.1, -0.05) is 54.2 Å². The summed E-state index contributed by atoms with van der Waals surface area (Å²) in [6.07, 6.45) is 0.366. The largest absolute Gasteiger partial charge is 0.288 e. The molecule has 2 amide bonds. The number of nitrogens with zero attached hydrogens (tertiary/aromatic N) is 2. The van der Waals surface area contributed by atoms with Crippen molar-refractivity contribution in [2.45, 2.75) is 29.5 Å². The Balaban J connectivity index is 1.48. The molecule has 34 heavy (non-hydrogen) atoms. The van der Waals surface area contributed by atoms with Crippen LogP contribution in [0.15, 0.2) is 71.6 Å². The van der Waals surface area contributed by atoms with Crippen LogP contribution >= 0.6 is 11.8 Å². The Kier molecular flexibility index (Phi) is 5.79. The van der Waals surface area contributed by atoms with E-state index in [1.54, 1.807) is 42.5 Å². The fraction of sp³-hybridized carbons (Fsp3) is 0.240. The molecule has 0 aliphatic carbocycles. The van der Waals surface area contributed by atoms with Crippen molar-refractivity contribution >= 4 is 49.5 Å². The maximum absolute atomic E-state index is 13.7. The van der Waals surface area contributed by atoms with Crippen LogP contribution in [-0.4, -0.2) is 58.9 Å². The van der Waals surface area contributed by atoms with E-state index in [1.165, 1.54) is 11.2 Å². The highest BCUT2D eigenvalue weighted by molar-refractivity contribution is 8.14. The minimum absolute atomic E-state index is 0.0614. The second-order valence-corrected chi connectivity index (χ2v) is 11.8. The van der Waals surface area contributed by atoms with Gasteiger partial charge in [0.05, 0.1) is 16.0 Å². The van der Waals surface area contributed by atoms with E-state index in [-0.39, 0.29) is 28.4 Å². The Bertz CT molecular complexity index is 1400. The number of amides is 2. The summed E-state index contributed by atoms with van der Waals surface area (Å²) in [6, 6.07) is 18.4. The lowest BCUT2D eigenvalue weighted by Gasteiger charge is -2.27. The van der Waals surface area contributed by atoms with E-state index in [9.17, 15) is 22.8 Å². The summed E-state index contributed by atoms with van der Waals surface area (Å²) >= 11 is 1.10. The lowest BCUT2D eigenvalue weighted by atomic mass is 10.1. The first-order valence-corrected chi connectivity index (χ1v) is 13.2. The van der Waals surface area contributed by atoms with Crippen molar-refractivity contribution in [2.75, 3.05) is 13.1 Å². The van der Waals surface area contributed by atoms with Crippen molar-refractivity contribution < 1.29 is 22.8 Å². The Morgan fingerprint density at radius 3 is 2.21 bits per heavy atom. The van der Waals surface area contributed by atoms with Gasteiger partial charge in [-0.05, 0) is 41.5 Å². The summed E-state index contributed by atoms with van der Waals surface area (Å²) in [5.74, 6) is -0.849. The summed E-state index contributed by atoms with van der Waals surface area (Å²) in [7, 11) is -3.93. The first kappa shape index (κ1) is 22.8. The highest BCUT2D eigenvalue weighted by Gasteiger charge is 2.45. The molecule has 2 aliphatic rings. The number of rotatable bonds is 5. The average Bonchev–Trinajstić information content (AvgIpc) is 3.33. The molecule has 0 spiro atoms. The van der Waals surface area contributed by atoms with Crippen LogP contribution in [0.1, 0.15) is 34.1 Å². The van der Waals surface area contributed by atoms with E-state index in [0.29, 0.717) is 17.5 Å². The first-order valence-electron chi connectivity index (χ1n) is 10.9. The van der Waals surface area contributed by atoms with Crippen LogP contribution in [0.5, 0.6) is 0 Å². The molecular weight excluding hydrogens is 472 g/mol. The van der Waals surface area contributed by atoms with E-state index in [2.05, 4.69) is 0 Å². The first-order chi connectivity index (χ1) is 16.3. The quantitative estimate of drug-likeness (QED) is 0.504. The van der Waals surface area contributed by atoms with Crippen LogP contribution in [0, 0.1) is 0 Å². The molecule has 0 saturated carbocycles. The van der Waals surface area contributed by atoms with Gasteiger partial charge in [-0.25, -0.2) is 8.42 Å². The number of hydrogen-bond donors (Lipinski definition) is 0. The molecule has 0 N–H and O–H groups in total. The predicted octanol–water partition coefficient (Wildman–Crippen LogP) is 3.55. The third kappa shape index (κ3) is 3.93. The molecule has 174 valence electrons. The Morgan fingerprint density at radius 1 is 0.941 bits per heavy atom. The molecule has 0 aromatic heterocycles. The molecule has 1 saturated heterocycles. The summed E-state index contributed by atoms with van der Waals surface area (Å²) in [5.41, 5.74) is 0.646. The molecule has 0 bridgehead atoms. The second kappa shape index (κ2) is 8.65. The average molecular weight is 495 g/mol. The molecule has 0 radical (unpaired) electrons. The van der Waals surface area contributed by atoms with Gasteiger partial charge in [0.15, 0.2) is 5.12 Å². The fourth-order valence-electron chi connectivity index (χ4n) is 4.70. The van der Waals surface area contributed by atoms with Crippen molar-refractivity contribution in [1.82, 2.24) is 9.21 Å². The van der Waals surface area contributed by atoms with Crippen LogP contribution in [0.3, 0.4) is 0 Å². The smallest absolute Gasteiger partial charge is 0.261 e. The van der Waals surface area contributed by atoms with Gasteiger partial charge in [0.2, 0.25) is 10.0 Å². The molecule has 2 aliphatic heterocycles. The fourth-order valence-corrected chi connectivity index (χ4v) is 7.53. The highest BCUT2D eigenvalue weighted by Crippen LogP contribution is 2.35. The van der Waals surface area contributed by atoms with E-state index in [4.69, 9.17) is 0 Å². The van der Waals surface area contributed by atoms with E-state index >= 15 is 0 Å². The van der Waals surface area contributed by atoms with Crippen molar-refractivity contribution in [1.29, 1.82) is 0 Å². The van der Waals surface area contributed by atoms with Crippen LogP contribution < -0.4 is 0 Å². The van der Waals surface area contributed by atoms with Crippen LogP contribution in [0.2, 0.25) is 0 Å². The van der Waals surface area contributed by atoms with Gasteiger partial charge in [-0.3, -0.25) is 19.3 Å². The zero-order chi connectivity index (χ0) is 24.0. The van der Waals surface area contributed by atoms with Crippen LogP contribution in [-0.2, 0) is 14.8 Å². The summed E-state index contributed by atoms with van der Waals surface area (Å²) in [5, 5.41) is 1.37. The molecule has 1 fully saturated rings. The van der Waals surface area contributed by atoms with E-state index in [1.807, 2.05) is 24.3 Å². The van der Waals surface area contributed by atoms with Gasteiger partial charge in [-0.2, -0.15) is 4.31 Å². The summed E-state index contributed by atoms with van der Waals surface area (Å²) < 4.78 is 28.8. The Morgan fingerprint density at radius 2 is 1.56 bits per heavy atom. The third-order valence-electron chi connectivity index (χ3n) is 6.26. The third-order valence-corrected chi connectivity index (χ3v) is 9.18. The van der Waals surface area contributed by atoms with Gasteiger partial charge < -0.3 is 0 Å². The second-order valence-electron chi connectivity index (χ2n) is 8.47. The van der Waals surface area contributed by atoms with Gasteiger partial charge >= 0.3 is 0 Å². The number of hydrogen-bond acceptors (Lipinski definition) is 6. The van der Waals surface area contributed by atoms with Gasteiger partial charge in [-0.15, -0.1) is 0 Å². The number of carbonyl (C=O) groups is 3. The monoisotopic (exact) mass is 494 g/mol. The normalized spacial score (nSPS) is 20.8. The molecule has 2 unspecified atom stereocenters. The van der Waals surface area contributed by atoms with Crippen molar-refractivity contribution in [3.8, 4) is 0 Å². The number of fused-ring (bicyclic) bond motifs is 2. The van der Waals surface area contributed by atoms with Crippen molar-refractivity contribution in [3.63, 3.8) is 0 Å². The lowest BCUT2D eigenvalue weighted by Crippen LogP contribution is -2.45. The molecule has 7 nitrogen and oxygen atoms in total. The zero-order valence-electron chi connectivity index (χ0n) is 18.4. The molecule has 2 atom stereocenters. The number of sulfonamides is 1. The number of carbonyl (C=O) groups excluding carboxylic acids is 3. The number of benzene rings is 3. The summed E-state index contributed by atoms with van der Waals surface area (Å²) in [4.78, 5) is 38.8. The van der Waals surface area contributed by atoms with Gasteiger partial charge in [0.25, 0.3) is 11.8 Å². The maximum atomic E-state index is 13.7.